The summed E-state index contributed by atoms with van der Waals surface area (Å²) in [4.78, 5) is 33.1. The number of carbonyl (C=O) groups is 3. The largest absolute Gasteiger partial charge is 0.469 e. The van der Waals surface area contributed by atoms with E-state index >= 15 is 0 Å². The third kappa shape index (κ3) is 6.11. The Morgan fingerprint density at radius 1 is 1.19 bits per heavy atom. The third-order valence-corrected chi connectivity index (χ3v) is 4.82. The highest BCUT2D eigenvalue weighted by molar-refractivity contribution is 8.00. The number of primary amides is 2. The van der Waals surface area contributed by atoms with Gasteiger partial charge in [0.1, 0.15) is 0 Å². The minimum absolute atomic E-state index is 0.131. The molecule has 3 atom stereocenters. The van der Waals surface area contributed by atoms with Gasteiger partial charge in [0.25, 0.3) is 0 Å². The minimum atomic E-state index is -0.627. The molecule has 1 heterocycles. The van der Waals surface area contributed by atoms with Crippen LogP contribution >= 0.6 is 11.8 Å². The second-order valence-electron chi connectivity index (χ2n) is 4.84. The van der Waals surface area contributed by atoms with Crippen molar-refractivity contribution in [1.82, 2.24) is 10.6 Å². The Bertz CT molecular complexity index is 393. The van der Waals surface area contributed by atoms with Gasteiger partial charge in [0.15, 0.2) is 0 Å². The summed E-state index contributed by atoms with van der Waals surface area (Å²) in [6.07, 6.45) is 2.74. The molecule has 4 amide bonds. The molecule has 0 aromatic heterocycles. The number of esters is 1. The number of amides is 4. The molecular formula is C12H22N4O4S. The smallest absolute Gasteiger partial charge is 0.312 e. The van der Waals surface area contributed by atoms with Gasteiger partial charge in [-0.3, -0.25) is 4.79 Å². The van der Waals surface area contributed by atoms with E-state index in [1.807, 2.05) is 0 Å². The topological polar surface area (TPSA) is 137 Å². The molecule has 0 spiro atoms. The van der Waals surface area contributed by atoms with Gasteiger partial charge < -0.3 is 26.8 Å². The molecule has 0 aromatic carbocycles. The van der Waals surface area contributed by atoms with Crippen LogP contribution in [0.25, 0.3) is 0 Å². The normalized spacial score (nSPS) is 24.3. The van der Waals surface area contributed by atoms with Crippen molar-refractivity contribution in [2.45, 2.75) is 43.0 Å². The van der Waals surface area contributed by atoms with Crippen LogP contribution in [0.4, 0.5) is 9.59 Å². The highest BCUT2D eigenvalue weighted by atomic mass is 32.2. The third-order valence-electron chi connectivity index (χ3n) is 3.31. The molecule has 120 valence electrons. The number of methoxy groups -OCH3 is 1. The molecule has 1 rings (SSSR count). The van der Waals surface area contributed by atoms with Crippen LogP contribution in [0.2, 0.25) is 0 Å². The van der Waals surface area contributed by atoms with Crippen molar-refractivity contribution < 1.29 is 19.1 Å². The first kappa shape index (κ1) is 17.4. The average Bonchev–Trinajstić information content (AvgIpc) is 2.75. The van der Waals surface area contributed by atoms with E-state index in [1.54, 1.807) is 11.8 Å². The first-order valence-corrected chi connectivity index (χ1v) is 7.79. The minimum Gasteiger partial charge on any atom is -0.469 e. The van der Waals surface area contributed by atoms with E-state index in [2.05, 4.69) is 15.4 Å². The number of rotatable bonds is 7. The molecule has 0 aliphatic carbocycles. The van der Waals surface area contributed by atoms with Crippen LogP contribution in [0.5, 0.6) is 0 Å². The molecule has 1 saturated heterocycles. The maximum absolute atomic E-state index is 11.1. The summed E-state index contributed by atoms with van der Waals surface area (Å²) in [5.74, 6) is 0.435. The molecule has 0 aromatic rings. The number of nitrogens with two attached hydrogens (primary N) is 2. The number of hydrogen-bond acceptors (Lipinski definition) is 5. The molecule has 1 fully saturated rings. The Morgan fingerprint density at radius 3 is 2.43 bits per heavy atom. The van der Waals surface area contributed by atoms with Gasteiger partial charge in [0.05, 0.1) is 19.2 Å². The standard InChI is InChI=1S/C12H22N4O4S/c1-20-9(17)5-3-2-4-8-10(16-12(14)19)7(6-21-8)15-11(13)18/h7-8,10H,2-6H2,1H3,(H3,13,15,18)(H3,14,16,19). The quantitative estimate of drug-likeness (QED) is 0.384. The van der Waals surface area contributed by atoms with Crippen molar-refractivity contribution >= 4 is 29.8 Å². The summed E-state index contributed by atoms with van der Waals surface area (Å²) in [5.41, 5.74) is 10.3. The van der Waals surface area contributed by atoms with Gasteiger partial charge in [0, 0.05) is 17.4 Å². The Morgan fingerprint density at radius 2 is 1.86 bits per heavy atom. The first-order valence-electron chi connectivity index (χ1n) is 6.74. The molecular weight excluding hydrogens is 296 g/mol. The fourth-order valence-electron chi connectivity index (χ4n) is 2.35. The highest BCUT2D eigenvalue weighted by Crippen LogP contribution is 2.31. The van der Waals surface area contributed by atoms with Crippen molar-refractivity contribution in [3.8, 4) is 0 Å². The van der Waals surface area contributed by atoms with Crippen LogP contribution in [0.15, 0.2) is 0 Å². The molecule has 8 nitrogen and oxygen atoms in total. The van der Waals surface area contributed by atoms with Crippen LogP contribution < -0.4 is 22.1 Å². The highest BCUT2D eigenvalue weighted by Gasteiger charge is 2.37. The van der Waals surface area contributed by atoms with Crippen LogP contribution in [0.1, 0.15) is 25.7 Å². The molecule has 1 aliphatic heterocycles. The summed E-state index contributed by atoms with van der Waals surface area (Å²) < 4.78 is 4.58. The molecule has 6 N–H and O–H groups in total. The SMILES string of the molecule is COC(=O)CCCCC1SCC(NC(N)=O)C1NC(N)=O. The van der Waals surface area contributed by atoms with E-state index in [-0.39, 0.29) is 23.3 Å². The predicted molar refractivity (Wildman–Crippen MR) is 79.7 cm³/mol. The lowest BCUT2D eigenvalue weighted by Crippen LogP contribution is -2.55. The number of ether oxygens (including phenoxy) is 1. The number of carbonyl (C=O) groups excluding carboxylic acids is 3. The van der Waals surface area contributed by atoms with Crippen LogP contribution in [0.3, 0.4) is 0 Å². The number of thioether (sulfide) groups is 1. The van der Waals surface area contributed by atoms with Crippen molar-refractivity contribution in [3.63, 3.8) is 0 Å². The van der Waals surface area contributed by atoms with Crippen molar-refractivity contribution in [2.24, 2.45) is 11.5 Å². The summed E-state index contributed by atoms with van der Waals surface area (Å²) in [6.45, 7) is 0. The van der Waals surface area contributed by atoms with Crippen LogP contribution in [0, 0.1) is 0 Å². The van der Waals surface area contributed by atoms with Gasteiger partial charge in [-0.2, -0.15) is 11.8 Å². The molecule has 0 saturated carbocycles. The van der Waals surface area contributed by atoms with E-state index in [0.717, 1.165) is 19.3 Å². The van der Waals surface area contributed by atoms with Crippen LogP contribution in [-0.4, -0.2) is 48.2 Å². The number of hydrogen-bond donors (Lipinski definition) is 4. The maximum Gasteiger partial charge on any atom is 0.312 e. The predicted octanol–water partition coefficient (Wildman–Crippen LogP) is -0.0910. The fourth-order valence-corrected chi connectivity index (χ4v) is 3.89. The average molecular weight is 318 g/mol. The number of unbranched alkanes of at least 4 members (excludes halogenated alkanes) is 1. The number of nitrogens with one attached hydrogen (secondary N) is 2. The molecule has 3 unspecified atom stereocenters. The van der Waals surface area contributed by atoms with Crippen molar-refractivity contribution in [1.29, 1.82) is 0 Å². The summed E-state index contributed by atoms with van der Waals surface area (Å²) in [7, 11) is 1.36. The Kier molecular flexibility index (Phi) is 7.13. The Balaban J connectivity index is 2.45. The lowest BCUT2D eigenvalue weighted by atomic mass is 10.0. The monoisotopic (exact) mass is 318 g/mol. The summed E-state index contributed by atoms with van der Waals surface area (Å²) in [6, 6.07) is -1.73. The fraction of sp³-hybridized carbons (Fsp3) is 0.750. The molecule has 0 bridgehead atoms. The lowest BCUT2D eigenvalue weighted by molar-refractivity contribution is -0.140. The zero-order valence-corrected chi connectivity index (χ0v) is 12.8. The van der Waals surface area contributed by atoms with Crippen LogP contribution in [-0.2, 0) is 9.53 Å². The number of urea groups is 2. The Labute approximate surface area is 127 Å². The van der Waals surface area contributed by atoms with E-state index in [0.29, 0.717) is 12.2 Å². The molecule has 0 radical (unpaired) electrons. The van der Waals surface area contributed by atoms with Gasteiger partial charge in [-0.05, 0) is 12.8 Å². The first-order chi connectivity index (χ1) is 9.93. The molecule has 1 aliphatic rings. The van der Waals surface area contributed by atoms with Gasteiger partial charge in [0.2, 0.25) is 0 Å². The van der Waals surface area contributed by atoms with Gasteiger partial charge in [-0.25, -0.2) is 9.59 Å². The summed E-state index contributed by atoms with van der Waals surface area (Å²) >= 11 is 1.65. The van der Waals surface area contributed by atoms with Crippen molar-refractivity contribution in [2.75, 3.05) is 12.9 Å². The van der Waals surface area contributed by atoms with E-state index in [1.165, 1.54) is 7.11 Å². The van der Waals surface area contributed by atoms with Crippen molar-refractivity contribution in [3.05, 3.63) is 0 Å². The zero-order chi connectivity index (χ0) is 15.8. The second kappa shape index (κ2) is 8.60. The van der Waals surface area contributed by atoms with E-state index in [4.69, 9.17) is 11.5 Å². The molecule has 21 heavy (non-hydrogen) atoms. The van der Waals surface area contributed by atoms with Gasteiger partial charge >= 0.3 is 18.0 Å². The molecule has 9 heteroatoms. The van der Waals surface area contributed by atoms with Gasteiger partial charge in [-0.15, -0.1) is 0 Å². The maximum atomic E-state index is 11.1. The van der Waals surface area contributed by atoms with E-state index < -0.39 is 12.1 Å². The van der Waals surface area contributed by atoms with Gasteiger partial charge in [-0.1, -0.05) is 6.42 Å². The Hall–Kier alpha value is -1.64. The summed E-state index contributed by atoms with van der Waals surface area (Å²) in [5, 5.41) is 5.41. The second-order valence-corrected chi connectivity index (χ2v) is 6.12. The zero-order valence-electron chi connectivity index (χ0n) is 12.0. The van der Waals surface area contributed by atoms with E-state index in [9.17, 15) is 14.4 Å². The lowest BCUT2D eigenvalue weighted by Gasteiger charge is -2.24.